The molecule has 8 heteroatoms. The molecule has 0 unspecified atom stereocenters. The third kappa shape index (κ3) is 3.89. The number of aromatic nitrogens is 3. The lowest BCUT2D eigenvalue weighted by molar-refractivity contribution is 0.0690. The first-order chi connectivity index (χ1) is 7.49. The summed E-state index contributed by atoms with van der Waals surface area (Å²) in [5.74, 6) is -1.16. The second-order valence-corrected chi connectivity index (χ2v) is 3.33. The van der Waals surface area contributed by atoms with Gasteiger partial charge in [-0.1, -0.05) is 5.21 Å². The van der Waals surface area contributed by atoms with E-state index in [1.165, 1.54) is 15.8 Å². The van der Waals surface area contributed by atoms with Crippen molar-refractivity contribution in [3.05, 3.63) is 11.9 Å². The van der Waals surface area contributed by atoms with E-state index in [1.807, 2.05) is 0 Å². The van der Waals surface area contributed by atoms with Crippen LogP contribution in [0.25, 0.3) is 0 Å². The zero-order valence-corrected chi connectivity index (χ0v) is 8.68. The van der Waals surface area contributed by atoms with E-state index in [0.29, 0.717) is 13.1 Å². The number of likely N-dealkylation sites (N-methyl/N-ethyl adjacent to an activating group) is 1. The highest BCUT2D eigenvalue weighted by Gasteiger charge is 2.10. The van der Waals surface area contributed by atoms with Crippen LogP contribution >= 0.6 is 0 Å². The summed E-state index contributed by atoms with van der Waals surface area (Å²) in [6.07, 6.45) is -1.12. The van der Waals surface area contributed by atoms with Crippen molar-refractivity contribution < 1.29 is 18.7 Å². The molecule has 0 aromatic carbocycles. The van der Waals surface area contributed by atoms with E-state index in [4.69, 9.17) is 5.11 Å². The van der Waals surface area contributed by atoms with Gasteiger partial charge in [-0.3, -0.25) is 9.58 Å². The fourth-order valence-corrected chi connectivity index (χ4v) is 1.11. The number of alkyl halides is 2. The smallest absolute Gasteiger partial charge is 0.358 e. The maximum Gasteiger partial charge on any atom is 0.358 e. The van der Waals surface area contributed by atoms with Crippen LogP contribution in [0.4, 0.5) is 8.78 Å². The number of hydrogen-bond acceptors (Lipinski definition) is 4. The van der Waals surface area contributed by atoms with Crippen molar-refractivity contribution in [1.29, 1.82) is 0 Å². The third-order valence-electron chi connectivity index (χ3n) is 1.92. The molecule has 1 aromatic heterocycles. The van der Waals surface area contributed by atoms with Crippen molar-refractivity contribution in [3.63, 3.8) is 0 Å². The molecule has 0 atom stereocenters. The maximum atomic E-state index is 12.0. The average Bonchev–Trinajstić information content (AvgIpc) is 2.61. The molecule has 0 aliphatic carbocycles. The van der Waals surface area contributed by atoms with Gasteiger partial charge in [-0.15, -0.1) is 5.10 Å². The molecule has 0 amide bonds. The van der Waals surface area contributed by atoms with Gasteiger partial charge in [0.15, 0.2) is 5.69 Å². The fraction of sp³-hybridized carbons (Fsp3) is 0.625. The number of carboxylic acids is 1. The Morgan fingerprint density at radius 3 is 2.88 bits per heavy atom. The Kier molecular flexibility index (Phi) is 4.29. The van der Waals surface area contributed by atoms with Gasteiger partial charge in [-0.2, -0.15) is 0 Å². The predicted octanol–water partition coefficient (Wildman–Crippen LogP) is 0.173. The minimum Gasteiger partial charge on any atom is -0.476 e. The van der Waals surface area contributed by atoms with Gasteiger partial charge in [-0.05, 0) is 7.05 Å². The first-order valence-electron chi connectivity index (χ1n) is 4.59. The Bertz CT molecular complexity index is 356. The molecule has 90 valence electrons. The maximum absolute atomic E-state index is 12.0. The predicted molar refractivity (Wildman–Crippen MR) is 50.5 cm³/mol. The van der Waals surface area contributed by atoms with Crippen LogP contribution in [0.5, 0.6) is 0 Å². The van der Waals surface area contributed by atoms with Gasteiger partial charge in [0.05, 0.1) is 19.3 Å². The Labute approximate surface area is 90.5 Å². The quantitative estimate of drug-likeness (QED) is 0.759. The van der Waals surface area contributed by atoms with E-state index in [2.05, 4.69) is 10.3 Å². The Morgan fingerprint density at radius 1 is 1.69 bits per heavy atom. The lowest BCUT2D eigenvalue weighted by Gasteiger charge is -2.15. The molecule has 0 fully saturated rings. The van der Waals surface area contributed by atoms with Crippen LogP contribution in [0.1, 0.15) is 10.5 Å². The summed E-state index contributed by atoms with van der Waals surface area (Å²) in [6, 6.07) is 0. The Morgan fingerprint density at radius 2 is 2.38 bits per heavy atom. The van der Waals surface area contributed by atoms with E-state index < -0.39 is 12.4 Å². The van der Waals surface area contributed by atoms with Crippen LogP contribution in [0, 0.1) is 0 Å². The summed E-state index contributed by atoms with van der Waals surface area (Å²) in [5, 5.41) is 15.5. The van der Waals surface area contributed by atoms with Crippen LogP contribution in [-0.4, -0.2) is 57.5 Å². The number of carbonyl (C=O) groups is 1. The topological polar surface area (TPSA) is 71.2 Å². The van der Waals surface area contributed by atoms with E-state index >= 15 is 0 Å². The Balaban J connectivity index is 2.39. The van der Waals surface area contributed by atoms with Crippen molar-refractivity contribution in [2.24, 2.45) is 0 Å². The number of halogens is 2. The molecule has 0 bridgehead atoms. The number of aromatic carboxylic acids is 1. The van der Waals surface area contributed by atoms with Gasteiger partial charge in [-0.25, -0.2) is 13.6 Å². The molecule has 0 aliphatic rings. The summed E-state index contributed by atoms with van der Waals surface area (Å²) in [7, 11) is 1.56. The molecule has 1 N–H and O–H groups in total. The summed E-state index contributed by atoms with van der Waals surface area (Å²) in [4.78, 5) is 11.9. The summed E-state index contributed by atoms with van der Waals surface area (Å²) >= 11 is 0. The summed E-state index contributed by atoms with van der Waals surface area (Å²) in [5.41, 5.74) is -0.156. The van der Waals surface area contributed by atoms with Crippen molar-refractivity contribution in [3.8, 4) is 0 Å². The molecular formula is C8H12F2N4O2. The zero-order valence-electron chi connectivity index (χ0n) is 8.68. The van der Waals surface area contributed by atoms with Crippen LogP contribution in [-0.2, 0) is 6.54 Å². The number of rotatable bonds is 6. The largest absolute Gasteiger partial charge is 0.476 e. The minimum absolute atomic E-state index is 0.156. The highest BCUT2D eigenvalue weighted by molar-refractivity contribution is 5.84. The van der Waals surface area contributed by atoms with Crippen LogP contribution in [0.2, 0.25) is 0 Å². The van der Waals surface area contributed by atoms with E-state index in [1.54, 1.807) is 7.05 Å². The van der Waals surface area contributed by atoms with E-state index in [9.17, 15) is 13.6 Å². The van der Waals surface area contributed by atoms with Gasteiger partial charge in [0, 0.05) is 6.54 Å². The van der Waals surface area contributed by atoms with Gasteiger partial charge < -0.3 is 5.11 Å². The van der Waals surface area contributed by atoms with Gasteiger partial charge >= 0.3 is 5.97 Å². The van der Waals surface area contributed by atoms with Gasteiger partial charge in [0.2, 0.25) is 0 Å². The molecule has 0 saturated heterocycles. The SMILES string of the molecule is CN(CCn1cc(C(=O)O)nn1)CC(F)F. The lowest BCUT2D eigenvalue weighted by Crippen LogP contribution is -2.28. The number of carboxylic acid groups (broad SMARTS) is 1. The Hall–Kier alpha value is -1.57. The monoisotopic (exact) mass is 234 g/mol. The normalized spacial score (nSPS) is 11.3. The summed E-state index contributed by atoms with van der Waals surface area (Å²) in [6.45, 7) is 0.358. The minimum atomic E-state index is -2.38. The first-order valence-corrected chi connectivity index (χ1v) is 4.59. The van der Waals surface area contributed by atoms with Crippen LogP contribution < -0.4 is 0 Å². The van der Waals surface area contributed by atoms with Crippen molar-refractivity contribution >= 4 is 5.97 Å². The van der Waals surface area contributed by atoms with E-state index in [-0.39, 0.29) is 12.2 Å². The molecule has 1 rings (SSSR count). The summed E-state index contributed by atoms with van der Waals surface area (Å²) < 4.78 is 25.2. The highest BCUT2D eigenvalue weighted by atomic mass is 19.3. The van der Waals surface area contributed by atoms with Crippen molar-refractivity contribution in [1.82, 2.24) is 19.9 Å². The zero-order chi connectivity index (χ0) is 12.1. The van der Waals surface area contributed by atoms with Crippen molar-refractivity contribution in [2.75, 3.05) is 20.1 Å². The van der Waals surface area contributed by atoms with E-state index in [0.717, 1.165) is 0 Å². The molecular weight excluding hydrogens is 222 g/mol. The third-order valence-corrected chi connectivity index (χ3v) is 1.92. The second-order valence-electron chi connectivity index (χ2n) is 3.33. The van der Waals surface area contributed by atoms with Crippen LogP contribution in [0.3, 0.4) is 0 Å². The molecule has 0 aliphatic heterocycles. The van der Waals surface area contributed by atoms with Gasteiger partial charge in [0.1, 0.15) is 0 Å². The molecule has 1 heterocycles. The highest BCUT2D eigenvalue weighted by Crippen LogP contribution is 1.97. The average molecular weight is 234 g/mol. The first kappa shape index (κ1) is 12.5. The molecule has 16 heavy (non-hydrogen) atoms. The standard InChI is InChI=1S/C8H12F2N4O2/c1-13(5-7(9)10)2-3-14-4-6(8(15)16)11-12-14/h4,7H,2-3,5H2,1H3,(H,15,16). The molecule has 0 radical (unpaired) electrons. The fourth-order valence-electron chi connectivity index (χ4n) is 1.11. The molecule has 0 spiro atoms. The molecule has 6 nitrogen and oxygen atoms in total. The number of nitrogens with zero attached hydrogens (tertiary/aromatic N) is 4. The lowest BCUT2D eigenvalue weighted by atomic mass is 10.5. The molecule has 1 aromatic rings. The van der Waals surface area contributed by atoms with Crippen molar-refractivity contribution in [2.45, 2.75) is 13.0 Å². The van der Waals surface area contributed by atoms with Gasteiger partial charge in [0.25, 0.3) is 6.43 Å². The second kappa shape index (κ2) is 5.50. The number of hydrogen-bond donors (Lipinski definition) is 1. The molecule has 0 saturated carbocycles. The van der Waals surface area contributed by atoms with Crippen LogP contribution in [0.15, 0.2) is 6.20 Å².